The van der Waals surface area contributed by atoms with Gasteiger partial charge in [-0.3, -0.25) is 10.2 Å². The lowest BCUT2D eigenvalue weighted by molar-refractivity contribution is -0.303. The number of hydrogen-bond acceptors (Lipinski definition) is 13. The van der Waals surface area contributed by atoms with Crippen LogP contribution in [0.3, 0.4) is 0 Å². The van der Waals surface area contributed by atoms with Crippen molar-refractivity contribution in [1.82, 2.24) is 15.1 Å². The van der Waals surface area contributed by atoms with E-state index in [1.165, 1.54) is 89.9 Å². The molecule has 3 saturated heterocycles. The first kappa shape index (κ1) is 53.2. The summed E-state index contributed by atoms with van der Waals surface area (Å²) >= 11 is 0. The van der Waals surface area contributed by atoms with Gasteiger partial charge in [0.25, 0.3) is 0 Å². The van der Waals surface area contributed by atoms with Crippen molar-refractivity contribution in [1.29, 1.82) is 0 Å². The van der Waals surface area contributed by atoms with Gasteiger partial charge in [0.1, 0.15) is 30.0 Å². The normalized spacial score (nSPS) is 25.2. The van der Waals surface area contributed by atoms with Crippen LogP contribution in [0.4, 0.5) is 4.79 Å². The molecule has 1 amide bonds. The van der Waals surface area contributed by atoms with E-state index in [4.69, 9.17) is 18.9 Å². The Morgan fingerprint density at radius 3 is 1.80 bits per heavy atom. The van der Waals surface area contributed by atoms with Crippen molar-refractivity contribution in [2.75, 3.05) is 59.2 Å². The average molecular weight is 860 g/mol. The number of carbonyl (C=O) groups is 1. The Balaban J connectivity index is 1.37. The number of rotatable bonds is 32. The fraction of sp³-hybridized carbons (Fsp3) is 0.978. The molecule has 0 saturated carbocycles. The highest BCUT2D eigenvalue weighted by Crippen LogP contribution is 2.28. The lowest BCUT2D eigenvalue weighted by atomic mass is 9.87. The molecule has 14 heteroatoms. The number of nitrogens with zero attached hydrogens (tertiary/aromatic N) is 2. The van der Waals surface area contributed by atoms with Crippen LogP contribution in [0.2, 0.25) is 0 Å². The van der Waals surface area contributed by atoms with E-state index < -0.39 is 66.7 Å². The summed E-state index contributed by atoms with van der Waals surface area (Å²) < 4.78 is 22.7. The lowest BCUT2D eigenvalue weighted by Crippen LogP contribution is -2.67. The van der Waals surface area contributed by atoms with Crippen LogP contribution in [0.25, 0.3) is 0 Å². The molecular formula is C46H89N3O11. The van der Waals surface area contributed by atoms with Gasteiger partial charge < -0.3 is 54.5 Å². The van der Waals surface area contributed by atoms with Gasteiger partial charge in [-0.15, -0.1) is 0 Å². The number of aliphatic hydroxyl groups excluding tert-OH is 6. The van der Waals surface area contributed by atoms with Crippen LogP contribution >= 0.6 is 0 Å². The standard InChI is InChI=1S/C46H89N3O11/c1-5-6-7-8-9-10-11-12-13-16-19-22-25-37(51)39(52)36(33-58-43-42(55)41(54)40(53)38(32-50)59-43)47-46(34-57-35-46)26-23-20-17-14-15-18-21-24-27-48-28-30-49(31-29-48)44(56)60-45(2,3)4/h36-43,47,50-55H,5-35H2,1-4H3/t36-,37+,38?,39-,40?,41?,42?,43?/m0/s1. The minimum atomic E-state index is -1.57. The van der Waals surface area contributed by atoms with Crippen molar-refractivity contribution in [3.63, 3.8) is 0 Å². The maximum atomic E-state index is 12.3. The summed E-state index contributed by atoms with van der Waals surface area (Å²) in [7, 11) is 0. The SMILES string of the molecule is CCCCCCCCCCCCCC[C@@H](O)[C@@H](O)[C@H](COC1OC(CO)C(O)C(O)C1O)NC1(CCCCCCCCCCN2CCN(C(=O)OC(C)(C)C)CC2)COC1. The fourth-order valence-electron chi connectivity index (χ4n) is 8.64. The van der Waals surface area contributed by atoms with Crippen molar-refractivity contribution >= 4 is 6.09 Å². The fourth-order valence-corrected chi connectivity index (χ4v) is 8.64. The molecule has 3 heterocycles. The van der Waals surface area contributed by atoms with E-state index in [-0.39, 0.29) is 12.7 Å². The number of amides is 1. The van der Waals surface area contributed by atoms with Gasteiger partial charge in [0.05, 0.1) is 50.2 Å². The molecule has 3 aliphatic rings. The van der Waals surface area contributed by atoms with Gasteiger partial charge in [-0.2, -0.15) is 0 Å². The summed E-state index contributed by atoms with van der Waals surface area (Å²) in [5, 5.41) is 67.0. The zero-order valence-corrected chi connectivity index (χ0v) is 38.2. The molecule has 7 N–H and O–H groups in total. The number of nitrogens with one attached hydrogen (secondary N) is 1. The molecule has 0 spiro atoms. The Hall–Kier alpha value is -1.17. The Morgan fingerprint density at radius 1 is 0.750 bits per heavy atom. The van der Waals surface area contributed by atoms with Gasteiger partial charge in [0.15, 0.2) is 6.29 Å². The van der Waals surface area contributed by atoms with Gasteiger partial charge >= 0.3 is 6.09 Å². The first-order chi connectivity index (χ1) is 28.8. The molecule has 60 heavy (non-hydrogen) atoms. The molecule has 354 valence electrons. The second-order valence-corrected chi connectivity index (χ2v) is 19.2. The summed E-state index contributed by atoms with van der Waals surface area (Å²) in [6.45, 7) is 12.5. The molecule has 0 aliphatic carbocycles. The third kappa shape index (κ3) is 20.1. The van der Waals surface area contributed by atoms with E-state index in [9.17, 15) is 35.4 Å². The third-order valence-corrected chi connectivity index (χ3v) is 12.6. The maximum Gasteiger partial charge on any atom is 0.410 e. The molecule has 14 nitrogen and oxygen atoms in total. The zero-order chi connectivity index (χ0) is 43.8. The van der Waals surface area contributed by atoms with Crippen LogP contribution in [0.15, 0.2) is 0 Å². The molecular weight excluding hydrogens is 771 g/mol. The second kappa shape index (κ2) is 29.3. The van der Waals surface area contributed by atoms with Crippen LogP contribution in [-0.4, -0.2) is 166 Å². The van der Waals surface area contributed by atoms with Crippen LogP contribution in [0, 0.1) is 0 Å². The molecule has 3 fully saturated rings. The Labute approximate surface area is 363 Å². The monoisotopic (exact) mass is 860 g/mol. The summed E-state index contributed by atoms with van der Waals surface area (Å²) in [5.41, 5.74) is -0.858. The highest BCUT2D eigenvalue weighted by Gasteiger charge is 2.46. The van der Waals surface area contributed by atoms with E-state index in [0.717, 1.165) is 77.7 Å². The average Bonchev–Trinajstić information content (AvgIpc) is 3.21. The molecule has 0 aromatic carbocycles. The van der Waals surface area contributed by atoms with E-state index in [0.29, 0.717) is 19.6 Å². The minimum absolute atomic E-state index is 0.136. The number of hydrogen-bond donors (Lipinski definition) is 7. The van der Waals surface area contributed by atoms with E-state index in [1.807, 2.05) is 25.7 Å². The molecule has 0 aromatic rings. The van der Waals surface area contributed by atoms with Crippen LogP contribution in [0.1, 0.15) is 169 Å². The van der Waals surface area contributed by atoms with Gasteiger partial charge in [0, 0.05) is 26.2 Å². The molecule has 0 radical (unpaired) electrons. The number of unbranched alkanes of at least 4 members (excludes halogenated alkanes) is 18. The third-order valence-electron chi connectivity index (χ3n) is 12.6. The number of ether oxygens (including phenoxy) is 4. The lowest BCUT2D eigenvalue weighted by Gasteiger charge is -2.46. The predicted molar refractivity (Wildman–Crippen MR) is 234 cm³/mol. The van der Waals surface area contributed by atoms with E-state index >= 15 is 0 Å². The molecule has 0 bridgehead atoms. The van der Waals surface area contributed by atoms with Crippen LogP contribution in [0.5, 0.6) is 0 Å². The summed E-state index contributed by atoms with van der Waals surface area (Å²) in [6.07, 6.45) is 15.6. The Kier molecular flexibility index (Phi) is 26.0. The summed E-state index contributed by atoms with van der Waals surface area (Å²) in [6, 6.07) is -0.720. The first-order valence-corrected chi connectivity index (χ1v) is 24.1. The maximum absolute atomic E-state index is 12.3. The highest BCUT2D eigenvalue weighted by molar-refractivity contribution is 5.68. The number of piperazine rings is 1. The van der Waals surface area contributed by atoms with E-state index in [2.05, 4.69) is 17.1 Å². The molecule has 8 atom stereocenters. The highest BCUT2D eigenvalue weighted by atomic mass is 16.7. The van der Waals surface area contributed by atoms with Crippen molar-refractivity contribution in [2.45, 2.75) is 229 Å². The van der Waals surface area contributed by atoms with Crippen LogP contribution < -0.4 is 5.32 Å². The number of aliphatic hydroxyl groups is 6. The van der Waals surface area contributed by atoms with Gasteiger partial charge in [-0.25, -0.2) is 4.79 Å². The quantitative estimate of drug-likeness (QED) is 0.0426. The van der Waals surface area contributed by atoms with Crippen molar-refractivity contribution < 1.29 is 54.4 Å². The molecule has 5 unspecified atom stereocenters. The van der Waals surface area contributed by atoms with Gasteiger partial charge in [-0.1, -0.05) is 129 Å². The van der Waals surface area contributed by atoms with Crippen molar-refractivity contribution in [3.05, 3.63) is 0 Å². The Morgan fingerprint density at radius 2 is 1.28 bits per heavy atom. The topological polar surface area (TPSA) is 194 Å². The second-order valence-electron chi connectivity index (χ2n) is 19.2. The summed E-state index contributed by atoms with van der Waals surface area (Å²) in [5.74, 6) is 0. The Bertz CT molecular complexity index is 1100. The summed E-state index contributed by atoms with van der Waals surface area (Å²) in [4.78, 5) is 16.6. The van der Waals surface area contributed by atoms with E-state index in [1.54, 1.807) is 0 Å². The minimum Gasteiger partial charge on any atom is -0.444 e. The predicted octanol–water partition coefficient (Wildman–Crippen LogP) is 5.41. The van der Waals surface area contributed by atoms with Gasteiger partial charge in [0.2, 0.25) is 0 Å². The van der Waals surface area contributed by atoms with Gasteiger partial charge in [-0.05, 0) is 46.6 Å². The van der Waals surface area contributed by atoms with Crippen molar-refractivity contribution in [2.24, 2.45) is 0 Å². The molecule has 3 aliphatic heterocycles. The zero-order valence-electron chi connectivity index (χ0n) is 38.2. The van der Waals surface area contributed by atoms with Crippen molar-refractivity contribution in [3.8, 4) is 0 Å². The number of carbonyl (C=O) groups excluding carboxylic acids is 1. The first-order valence-electron chi connectivity index (χ1n) is 24.1. The van der Waals surface area contributed by atoms with Crippen LogP contribution in [-0.2, 0) is 18.9 Å². The molecule has 0 aromatic heterocycles. The molecule has 3 rings (SSSR count). The largest absolute Gasteiger partial charge is 0.444 e. The smallest absolute Gasteiger partial charge is 0.410 e.